The van der Waals surface area contributed by atoms with Gasteiger partial charge in [0.2, 0.25) is 0 Å². The Morgan fingerprint density at radius 3 is 2.76 bits per heavy atom. The van der Waals surface area contributed by atoms with Crippen molar-refractivity contribution in [3.8, 4) is 0 Å². The van der Waals surface area contributed by atoms with E-state index in [4.69, 9.17) is 5.73 Å². The van der Waals surface area contributed by atoms with E-state index in [1.165, 1.54) is 0 Å². The molecule has 1 aromatic heterocycles. The smallest absolute Gasteiger partial charge is 0.288 e. The van der Waals surface area contributed by atoms with E-state index in [0.29, 0.717) is 5.69 Å². The summed E-state index contributed by atoms with van der Waals surface area (Å²) in [5, 5.41) is 13.4. The van der Waals surface area contributed by atoms with Crippen molar-refractivity contribution in [1.82, 2.24) is 4.98 Å². The normalized spacial score (nSPS) is 10.2. The molecule has 7 heteroatoms. The maximum atomic E-state index is 12.2. The van der Waals surface area contributed by atoms with Gasteiger partial charge in [-0.25, -0.2) is 4.98 Å². The number of aryl methyl sites for hydroxylation is 1. The largest absolute Gasteiger partial charge is 0.383 e. The highest BCUT2D eigenvalue weighted by atomic mass is 16.6. The Balaban J connectivity index is 2.34. The quantitative estimate of drug-likeness (QED) is 0.665. The molecule has 1 heterocycles. The maximum absolute atomic E-state index is 12.2. The molecule has 0 spiro atoms. The minimum atomic E-state index is -0.624. The molecule has 0 atom stereocenters. The third kappa shape index (κ3) is 2.97. The number of hydrogen-bond donors (Lipinski definition) is 2. The summed E-state index contributed by atoms with van der Waals surface area (Å²) in [6.07, 6.45) is 1.02. The number of nitrogens with one attached hydrogen (secondary N) is 1. The van der Waals surface area contributed by atoms with Crippen LogP contribution in [0.1, 0.15) is 21.5 Å². The van der Waals surface area contributed by atoms with Crippen molar-refractivity contribution < 1.29 is 9.72 Å². The lowest BCUT2D eigenvalue weighted by Gasteiger charge is -2.11. The minimum Gasteiger partial charge on any atom is -0.383 e. The second-order valence-corrected chi connectivity index (χ2v) is 4.59. The number of pyridine rings is 1. The summed E-state index contributed by atoms with van der Waals surface area (Å²) < 4.78 is 0. The van der Waals surface area contributed by atoms with Gasteiger partial charge in [-0.3, -0.25) is 14.9 Å². The van der Waals surface area contributed by atoms with Gasteiger partial charge in [-0.1, -0.05) is 12.1 Å². The molecule has 108 valence electrons. The molecule has 1 amide bonds. The number of nitrogens with two attached hydrogens (primary N) is 1. The van der Waals surface area contributed by atoms with E-state index in [2.05, 4.69) is 10.3 Å². The first-order valence-corrected chi connectivity index (χ1v) is 6.17. The standard InChI is InChI=1S/C14H14N4O3/c1-8-4-3-5-12(9(8)2)17-14(19)11-6-10(18(20)21)7-16-13(11)15/h3-7H,1-2H3,(H2,15,16)(H,17,19). The average Bonchev–Trinajstić information content (AvgIpc) is 2.44. The summed E-state index contributed by atoms with van der Waals surface area (Å²) in [6, 6.07) is 6.60. The highest BCUT2D eigenvalue weighted by Gasteiger charge is 2.17. The van der Waals surface area contributed by atoms with Gasteiger partial charge in [0.25, 0.3) is 11.6 Å². The van der Waals surface area contributed by atoms with Crippen LogP contribution in [0.5, 0.6) is 0 Å². The number of nitro groups is 1. The van der Waals surface area contributed by atoms with Gasteiger partial charge in [-0.2, -0.15) is 0 Å². The number of nitrogens with zero attached hydrogens (tertiary/aromatic N) is 2. The van der Waals surface area contributed by atoms with Crippen molar-refractivity contribution >= 4 is 23.1 Å². The van der Waals surface area contributed by atoms with Crippen molar-refractivity contribution in [2.24, 2.45) is 0 Å². The molecule has 3 N–H and O–H groups in total. The first-order valence-electron chi connectivity index (χ1n) is 6.17. The van der Waals surface area contributed by atoms with Gasteiger partial charge in [0.1, 0.15) is 12.0 Å². The SMILES string of the molecule is Cc1cccc(NC(=O)c2cc([N+](=O)[O-])cnc2N)c1C. The Morgan fingerprint density at radius 2 is 2.10 bits per heavy atom. The fourth-order valence-electron chi connectivity index (χ4n) is 1.82. The molecule has 21 heavy (non-hydrogen) atoms. The molecule has 1 aromatic carbocycles. The number of carbonyl (C=O) groups excluding carboxylic acids is 1. The van der Waals surface area contributed by atoms with Crippen LogP contribution in [0.4, 0.5) is 17.2 Å². The number of amides is 1. The van der Waals surface area contributed by atoms with Gasteiger partial charge in [-0.15, -0.1) is 0 Å². The monoisotopic (exact) mass is 286 g/mol. The molecule has 0 unspecified atom stereocenters. The highest BCUT2D eigenvalue weighted by molar-refractivity contribution is 6.07. The molecular formula is C14H14N4O3. The zero-order chi connectivity index (χ0) is 15.6. The highest BCUT2D eigenvalue weighted by Crippen LogP contribution is 2.21. The second-order valence-electron chi connectivity index (χ2n) is 4.59. The number of carbonyl (C=O) groups is 1. The van der Waals surface area contributed by atoms with Crippen LogP contribution in [-0.2, 0) is 0 Å². The molecule has 0 saturated carbocycles. The minimum absolute atomic E-state index is 0.0230. The van der Waals surface area contributed by atoms with E-state index < -0.39 is 10.8 Å². The third-order valence-corrected chi connectivity index (χ3v) is 3.21. The Bertz CT molecular complexity index is 728. The zero-order valence-electron chi connectivity index (χ0n) is 11.6. The summed E-state index contributed by atoms with van der Waals surface area (Å²) >= 11 is 0. The zero-order valence-corrected chi connectivity index (χ0v) is 11.6. The summed E-state index contributed by atoms with van der Waals surface area (Å²) in [4.78, 5) is 26.0. The molecule has 0 radical (unpaired) electrons. The van der Waals surface area contributed by atoms with E-state index >= 15 is 0 Å². The lowest BCUT2D eigenvalue weighted by atomic mass is 10.1. The molecule has 2 rings (SSSR count). The first kappa shape index (κ1) is 14.4. The second kappa shape index (κ2) is 5.58. The van der Waals surface area contributed by atoms with Crippen LogP contribution in [0.15, 0.2) is 30.5 Å². The fourth-order valence-corrected chi connectivity index (χ4v) is 1.82. The Hall–Kier alpha value is -2.96. The van der Waals surface area contributed by atoms with E-state index in [0.717, 1.165) is 23.4 Å². The Morgan fingerprint density at radius 1 is 1.38 bits per heavy atom. The third-order valence-electron chi connectivity index (χ3n) is 3.21. The van der Waals surface area contributed by atoms with E-state index in [1.54, 1.807) is 6.07 Å². The lowest BCUT2D eigenvalue weighted by molar-refractivity contribution is -0.385. The number of aromatic nitrogens is 1. The predicted octanol–water partition coefficient (Wildman–Crippen LogP) is 2.44. The molecule has 0 aliphatic heterocycles. The van der Waals surface area contributed by atoms with Crippen molar-refractivity contribution in [3.05, 3.63) is 57.3 Å². The first-order chi connectivity index (χ1) is 9.90. The van der Waals surface area contributed by atoms with Gasteiger partial charge < -0.3 is 11.1 Å². The maximum Gasteiger partial charge on any atom is 0.288 e. The van der Waals surface area contributed by atoms with E-state index in [-0.39, 0.29) is 17.1 Å². The van der Waals surface area contributed by atoms with Crippen LogP contribution in [0.25, 0.3) is 0 Å². The number of anilines is 2. The number of rotatable bonds is 3. The molecule has 7 nitrogen and oxygen atoms in total. The summed E-state index contributed by atoms with van der Waals surface area (Å²) in [5.41, 5.74) is 7.89. The van der Waals surface area contributed by atoms with Gasteiger partial charge in [0.05, 0.1) is 10.5 Å². The fraction of sp³-hybridized carbons (Fsp3) is 0.143. The predicted molar refractivity (Wildman–Crippen MR) is 79.2 cm³/mol. The van der Waals surface area contributed by atoms with Crippen molar-refractivity contribution in [1.29, 1.82) is 0 Å². The van der Waals surface area contributed by atoms with E-state index in [9.17, 15) is 14.9 Å². The Kier molecular flexibility index (Phi) is 3.84. The molecule has 0 fully saturated rings. The topological polar surface area (TPSA) is 111 Å². The van der Waals surface area contributed by atoms with Crippen LogP contribution in [0.3, 0.4) is 0 Å². The van der Waals surface area contributed by atoms with E-state index in [1.807, 2.05) is 26.0 Å². The molecule has 0 aliphatic carbocycles. The molecule has 0 aliphatic rings. The molecular weight excluding hydrogens is 272 g/mol. The number of benzene rings is 1. The summed E-state index contributed by atoms with van der Waals surface area (Å²) in [7, 11) is 0. The molecule has 2 aromatic rings. The van der Waals surface area contributed by atoms with Crippen molar-refractivity contribution in [3.63, 3.8) is 0 Å². The van der Waals surface area contributed by atoms with Crippen LogP contribution in [-0.4, -0.2) is 15.8 Å². The van der Waals surface area contributed by atoms with Crippen LogP contribution >= 0.6 is 0 Å². The molecule has 0 saturated heterocycles. The summed E-state index contributed by atoms with van der Waals surface area (Å²) in [5.74, 6) is -0.583. The van der Waals surface area contributed by atoms with Crippen molar-refractivity contribution in [2.45, 2.75) is 13.8 Å². The van der Waals surface area contributed by atoms with Gasteiger partial charge in [-0.05, 0) is 31.0 Å². The summed E-state index contributed by atoms with van der Waals surface area (Å²) in [6.45, 7) is 3.80. The van der Waals surface area contributed by atoms with Crippen molar-refractivity contribution in [2.75, 3.05) is 11.1 Å². The number of nitrogen functional groups attached to an aromatic ring is 1. The van der Waals surface area contributed by atoms with Gasteiger partial charge in [0.15, 0.2) is 0 Å². The van der Waals surface area contributed by atoms with Crippen LogP contribution < -0.4 is 11.1 Å². The Labute approximate surface area is 121 Å². The van der Waals surface area contributed by atoms with Crippen LogP contribution in [0, 0.1) is 24.0 Å². The van der Waals surface area contributed by atoms with Crippen LogP contribution in [0.2, 0.25) is 0 Å². The molecule has 0 bridgehead atoms. The average molecular weight is 286 g/mol. The van der Waals surface area contributed by atoms with Gasteiger partial charge >= 0.3 is 0 Å². The van der Waals surface area contributed by atoms with Gasteiger partial charge in [0, 0.05) is 11.8 Å². The lowest BCUT2D eigenvalue weighted by Crippen LogP contribution is -2.16. The number of hydrogen-bond acceptors (Lipinski definition) is 5.